The molecule has 2 rings (SSSR count). The lowest BCUT2D eigenvalue weighted by Crippen LogP contribution is -2.35. The first-order valence-electron chi connectivity index (χ1n) is 5.39. The molecule has 2 N–H and O–H groups in total. The van der Waals surface area contributed by atoms with Crippen molar-refractivity contribution in [3.05, 3.63) is 29.3 Å². The predicted octanol–water partition coefficient (Wildman–Crippen LogP) is 1.75. The van der Waals surface area contributed by atoms with Gasteiger partial charge in [-0.3, -0.25) is 0 Å². The van der Waals surface area contributed by atoms with Crippen molar-refractivity contribution in [3.63, 3.8) is 0 Å². The molecule has 0 spiro atoms. The molecule has 1 heterocycles. The second-order valence-electron chi connectivity index (χ2n) is 4.18. The molecule has 3 nitrogen and oxygen atoms in total. The maximum absolute atomic E-state index is 12.6. The number of hydrogen-bond acceptors (Lipinski definition) is 3. The average Bonchev–Trinajstić information content (AvgIpc) is 2.73. The smallest absolute Gasteiger partial charge is 0.403 e. The molecule has 1 saturated heterocycles. The minimum absolute atomic E-state index is 0.0401. The monoisotopic (exact) mass is 299 g/mol. The van der Waals surface area contributed by atoms with Crippen molar-refractivity contribution >= 4 is 12.6 Å². The molecule has 0 aromatic heterocycles. The summed E-state index contributed by atoms with van der Waals surface area (Å²) in [7, 11) is -1.34. The number of nitrogens with two attached hydrogens (primary N) is 1. The van der Waals surface area contributed by atoms with E-state index < -0.39 is 36.8 Å². The Kier molecular flexibility index (Phi) is 3.74. The first kappa shape index (κ1) is 15.1. The molecule has 1 fully saturated rings. The Bertz CT molecular complexity index is 471. The van der Waals surface area contributed by atoms with Crippen LogP contribution in [0, 0.1) is 0 Å². The van der Waals surface area contributed by atoms with E-state index in [1.54, 1.807) is 0 Å². The van der Waals surface area contributed by atoms with E-state index in [0.717, 1.165) is 0 Å². The fourth-order valence-electron chi connectivity index (χ4n) is 1.71. The van der Waals surface area contributed by atoms with Gasteiger partial charge in [-0.05, 0) is 11.5 Å². The van der Waals surface area contributed by atoms with Crippen LogP contribution in [0.4, 0.5) is 26.3 Å². The molecule has 110 valence electrons. The van der Waals surface area contributed by atoms with Crippen LogP contribution < -0.4 is 11.2 Å². The van der Waals surface area contributed by atoms with Gasteiger partial charge in [0.05, 0.1) is 17.7 Å². The lowest BCUT2D eigenvalue weighted by atomic mass is 9.77. The summed E-state index contributed by atoms with van der Waals surface area (Å²) in [6, 6.07) is 1.15. The summed E-state index contributed by atoms with van der Waals surface area (Å²) < 4.78 is 85.6. The van der Waals surface area contributed by atoms with Gasteiger partial charge in [0.15, 0.2) is 0 Å². The Labute approximate surface area is 109 Å². The number of halogens is 6. The second kappa shape index (κ2) is 4.94. The molecule has 0 radical (unpaired) electrons. The Morgan fingerprint density at radius 3 is 1.85 bits per heavy atom. The minimum Gasteiger partial charge on any atom is -0.403 e. The predicted molar refractivity (Wildman–Crippen MR) is 56.8 cm³/mol. The lowest BCUT2D eigenvalue weighted by molar-refractivity contribution is -0.142. The fraction of sp³-hybridized carbons (Fsp3) is 0.400. The molecule has 1 aliphatic heterocycles. The molecule has 0 aliphatic carbocycles. The van der Waals surface area contributed by atoms with Gasteiger partial charge in [-0.15, -0.1) is 0 Å². The Morgan fingerprint density at radius 2 is 1.50 bits per heavy atom. The van der Waals surface area contributed by atoms with E-state index in [1.165, 1.54) is 0 Å². The van der Waals surface area contributed by atoms with Crippen molar-refractivity contribution in [2.45, 2.75) is 18.6 Å². The first-order chi connectivity index (χ1) is 9.07. The van der Waals surface area contributed by atoms with E-state index in [9.17, 15) is 26.3 Å². The fourth-order valence-corrected chi connectivity index (χ4v) is 1.71. The quantitative estimate of drug-likeness (QED) is 0.635. The third kappa shape index (κ3) is 3.25. The molecule has 1 unspecified atom stereocenters. The summed E-state index contributed by atoms with van der Waals surface area (Å²) in [5, 5.41) is 0. The van der Waals surface area contributed by atoms with Crippen molar-refractivity contribution in [2.24, 2.45) is 5.73 Å². The molecule has 10 heteroatoms. The van der Waals surface area contributed by atoms with Gasteiger partial charge in [-0.25, -0.2) is 0 Å². The van der Waals surface area contributed by atoms with Crippen molar-refractivity contribution in [3.8, 4) is 0 Å². The summed E-state index contributed by atoms with van der Waals surface area (Å²) in [5.41, 5.74) is 2.10. The summed E-state index contributed by atoms with van der Waals surface area (Å²) in [6.07, 6.45) is -10.7. The molecule has 0 amide bonds. The van der Waals surface area contributed by atoms with Crippen LogP contribution in [0.25, 0.3) is 0 Å². The summed E-state index contributed by atoms with van der Waals surface area (Å²) in [5.74, 6) is 0. The Hall–Kier alpha value is -1.26. The zero-order valence-corrected chi connectivity index (χ0v) is 9.76. The highest BCUT2D eigenvalue weighted by atomic mass is 19.4. The van der Waals surface area contributed by atoms with Crippen LogP contribution in [-0.4, -0.2) is 20.0 Å². The van der Waals surface area contributed by atoms with Crippen molar-refractivity contribution in [1.29, 1.82) is 0 Å². The number of alkyl halides is 6. The SMILES string of the molecule is NC1COB(c2cc(C(F)(F)F)cc(C(F)(F)F)c2)O1. The molecule has 0 bridgehead atoms. The standard InChI is InChI=1S/C10H8BF6NO2/c12-9(13,14)5-1-6(10(15,16)17)3-7(2-5)11-19-4-8(18)20-11/h1-3,8H,4,18H2. The van der Waals surface area contributed by atoms with Crippen LogP contribution in [0.5, 0.6) is 0 Å². The highest BCUT2D eigenvalue weighted by Crippen LogP contribution is 2.34. The van der Waals surface area contributed by atoms with Gasteiger partial charge in [-0.1, -0.05) is 12.1 Å². The highest BCUT2D eigenvalue weighted by molar-refractivity contribution is 6.61. The zero-order chi connectivity index (χ0) is 15.1. The molecule has 1 atom stereocenters. The summed E-state index contributed by atoms with van der Waals surface area (Å²) >= 11 is 0. The van der Waals surface area contributed by atoms with Crippen LogP contribution in [0.15, 0.2) is 18.2 Å². The highest BCUT2D eigenvalue weighted by Gasteiger charge is 2.40. The van der Waals surface area contributed by atoms with Crippen LogP contribution in [0.3, 0.4) is 0 Å². The Morgan fingerprint density at radius 1 is 1.00 bits per heavy atom. The average molecular weight is 299 g/mol. The Balaban J connectivity index is 2.46. The van der Waals surface area contributed by atoms with E-state index in [1.807, 2.05) is 0 Å². The van der Waals surface area contributed by atoms with Gasteiger partial charge in [0.25, 0.3) is 0 Å². The summed E-state index contributed by atoms with van der Waals surface area (Å²) in [4.78, 5) is 0. The molecule has 1 aliphatic rings. The normalized spacial score (nSPS) is 20.6. The van der Waals surface area contributed by atoms with Crippen LogP contribution in [-0.2, 0) is 21.7 Å². The molecular formula is C10H8BF6NO2. The van der Waals surface area contributed by atoms with E-state index in [-0.39, 0.29) is 18.1 Å². The van der Waals surface area contributed by atoms with Crippen molar-refractivity contribution in [1.82, 2.24) is 0 Å². The zero-order valence-electron chi connectivity index (χ0n) is 9.76. The largest absolute Gasteiger partial charge is 0.495 e. The summed E-state index contributed by atoms with van der Waals surface area (Å²) in [6.45, 7) is -0.109. The molecule has 1 aromatic carbocycles. The third-order valence-electron chi connectivity index (χ3n) is 2.59. The second-order valence-corrected chi connectivity index (χ2v) is 4.18. The van der Waals surface area contributed by atoms with E-state index in [2.05, 4.69) is 0 Å². The van der Waals surface area contributed by atoms with Crippen molar-refractivity contribution in [2.75, 3.05) is 6.61 Å². The van der Waals surface area contributed by atoms with Crippen LogP contribution in [0.2, 0.25) is 0 Å². The third-order valence-corrected chi connectivity index (χ3v) is 2.59. The molecule has 20 heavy (non-hydrogen) atoms. The minimum atomic E-state index is -4.91. The van der Waals surface area contributed by atoms with Gasteiger partial charge in [0, 0.05) is 0 Å². The molecule has 0 saturated carbocycles. The van der Waals surface area contributed by atoms with Gasteiger partial charge < -0.3 is 15.0 Å². The maximum atomic E-state index is 12.6. The van der Waals surface area contributed by atoms with Gasteiger partial charge in [0.1, 0.15) is 6.23 Å². The molecular weight excluding hydrogens is 291 g/mol. The molecule has 1 aromatic rings. The van der Waals surface area contributed by atoms with Crippen LogP contribution >= 0.6 is 0 Å². The number of hydrogen-bond donors (Lipinski definition) is 1. The van der Waals surface area contributed by atoms with E-state index >= 15 is 0 Å². The van der Waals surface area contributed by atoms with E-state index in [0.29, 0.717) is 12.1 Å². The van der Waals surface area contributed by atoms with Crippen LogP contribution in [0.1, 0.15) is 11.1 Å². The van der Waals surface area contributed by atoms with E-state index in [4.69, 9.17) is 15.0 Å². The van der Waals surface area contributed by atoms with Gasteiger partial charge in [0.2, 0.25) is 0 Å². The first-order valence-corrected chi connectivity index (χ1v) is 5.39. The lowest BCUT2D eigenvalue weighted by Gasteiger charge is -2.15. The van der Waals surface area contributed by atoms with Gasteiger partial charge in [-0.2, -0.15) is 26.3 Å². The number of rotatable bonds is 1. The maximum Gasteiger partial charge on any atom is 0.495 e. The topological polar surface area (TPSA) is 44.5 Å². The van der Waals surface area contributed by atoms with Gasteiger partial charge >= 0.3 is 19.5 Å². The number of benzene rings is 1. The van der Waals surface area contributed by atoms with Crippen molar-refractivity contribution < 1.29 is 35.7 Å².